The topological polar surface area (TPSA) is 13.0 Å². The van der Waals surface area contributed by atoms with Crippen LogP contribution in [0.2, 0.25) is 0 Å². The molecule has 0 spiro atoms. The van der Waals surface area contributed by atoms with Gasteiger partial charge in [-0.25, -0.2) is 0 Å². The first-order valence-electron chi connectivity index (χ1n) is 23.8. The van der Waals surface area contributed by atoms with Gasteiger partial charge in [-0.05, 0) is 168 Å². The molecule has 0 aliphatic heterocycles. The Morgan fingerprint density at radius 1 is 0.114 bits per heavy atom. The molecule has 0 aliphatic carbocycles. The second-order valence-electron chi connectivity index (χ2n) is 17.1. The summed E-state index contributed by atoms with van der Waals surface area (Å²) in [6, 6.07) is 108. The van der Waals surface area contributed by atoms with Gasteiger partial charge in [0.2, 0.25) is 0 Å². The van der Waals surface area contributed by atoms with Gasteiger partial charge in [-0.3, -0.25) is 0 Å². The number of anilines is 12. The number of hydrogen-bond acceptors (Lipinski definition) is 4. The Morgan fingerprint density at radius 3 is 0.429 bits per heavy atom. The van der Waals surface area contributed by atoms with Crippen LogP contribution in [0.1, 0.15) is 0 Å². The molecule has 334 valence electrons. The van der Waals surface area contributed by atoms with E-state index in [1.807, 2.05) is 0 Å². The van der Waals surface area contributed by atoms with Crippen molar-refractivity contribution in [1.29, 1.82) is 0 Å². The van der Waals surface area contributed by atoms with Crippen LogP contribution in [-0.2, 0) is 0 Å². The van der Waals surface area contributed by atoms with Crippen LogP contribution in [0.3, 0.4) is 0 Å². The Balaban J connectivity index is 0.900. The fourth-order valence-corrected chi connectivity index (χ4v) is 9.22. The van der Waals surface area contributed by atoms with E-state index in [4.69, 9.17) is 0 Å². The highest BCUT2D eigenvalue weighted by Crippen LogP contribution is 2.42. The first kappa shape index (κ1) is 43.2. The molecule has 0 aromatic heterocycles. The summed E-state index contributed by atoms with van der Waals surface area (Å²) in [4.78, 5) is 9.24. The van der Waals surface area contributed by atoms with Gasteiger partial charge in [0.05, 0.1) is 0 Å². The van der Waals surface area contributed by atoms with Gasteiger partial charge in [0.15, 0.2) is 0 Å². The standard InChI is InChI=1S/C66H50N4/c1-7-19-51(20-8-1)52-31-37-61(38-32-52)70(66-49-45-64(46-50-66)68(57-25-13-4-14-26-57)58-27-15-5-16-28-58)62-41-35-54(36-42-62)53-33-39-60(40-34-53)69(59-29-17-6-18-30-59)65-47-43-63(44-48-65)67(55-21-9-2-10-22-55)56-23-11-3-12-24-56/h1-50H. The second kappa shape index (κ2) is 20.2. The molecular formula is C66H50N4. The molecule has 0 unspecified atom stereocenters. The number of hydrogen-bond donors (Lipinski definition) is 0. The minimum absolute atomic E-state index is 1.07. The molecule has 0 radical (unpaired) electrons. The minimum Gasteiger partial charge on any atom is -0.311 e. The van der Waals surface area contributed by atoms with E-state index in [9.17, 15) is 0 Å². The second-order valence-corrected chi connectivity index (χ2v) is 17.1. The molecule has 0 aliphatic rings. The Morgan fingerprint density at radius 2 is 0.243 bits per heavy atom. The largest absolute Gasteiger partial charge is 0.311 e. The van der Waals surface area contributed by atoms with Crippen molar-refractivity contribution in [2.24, 2.45) is 0 Å². The molecule has 0 fully saturated rings. The van der Waals surface area contributed by atoms with Crippen molar-refractivity contribution >= 4 is 68.2 Å². The lowest BCUT2D eigenvalue weighted by atomic mass is 10.0. The van der Waals surface area contributed by atoms with E-state index in [0.717, 1.165) is 79.4 Å². The fraction of sp³-hybridized carbons (Fsp3) is 0. The third-order valence-corrected chi connectivity index (χ3v) is 12.6. The van der Waals surface area contributed by atoms with Crippen LogP contribution in [0.5, 0.6) is 0 Å². The average Bonchev–Trinajstić information content (AvgIpc) is 3.44. The number of nitrogens with zero attached hydrogens (tertiary/aromatic N) is 4. The molecule has 0 amide bonds. The SMILES string of the molecule is c1ccc(-c2ccc(N(c3ccc(-c4ccc(N(c5ccccc5)c5ccc(N(c6ccccc6)c6ccccc6)cc5)cc4)cc3)c3ccc(N(c4ccccc4)c4ccccc4)cc3)cc2)cc1. The van der Waals surface area contributed by atoms with E-state index in [1.54, 1.807) is 0 Å². The number of benzene rings is 11. The molecule has 0 bridgehead atoms. The quantitative estimate of drug-likeness (QED) is 0.108. The van der Waals surface area contributed by atoms with Gasteiger partial charge < -0.3 is 19.6 Å². The third kappa shape index (κ3) is 9.31. The van der Waals surface area contributed by atoms with Gasteiger partial charge in [-0.2, -0.15) is 0 Å². The minimum atomic E-state index is 1.07. The molecule has 70 heavy (non-hydrogen) atoms. The van der Waals surface area contributed by atoms with Gasteiger partial charge in [-0.15, -0.1) is 0 Å². The summed E-state index contributed by atoms with van der Waals surface area (Å²) in [5.74, 6) is 0. The van der Waals surface area contributed by atoms with Crippen molar-refractivity contribution in [3.05, 3.63) is 303 Å². The smallest absolute Gasteiger partial charge is 0.0463 e. The lowest BCUT2D eigenvalue weighted by molar-refractivity contribution is 1.25. The van der Waals surface area contributed by atoms with E-state index in [1.165, 1.54) is 11.1 Å². The van der Waals surface area contributed by atoms with Gasteiger partial charge in [0, 0.05) is 68.2 Å². The lowest BCUT2D eigenvalue weighted by Crippen LogP contribution is -2.12. The highest BCUT2D eigenvalue weighted by Gasteiger charge is 2.19. The summed E-state index contributed by atoms with van der Waals surface area (Å²) in [5.41, 5.74) is 17.7. The molecule has 11 aromatic rings. The van der Waals surface area contributed by atoms with Crippen molar-refractivity contribution in [3.8, 4) is 22.3 Å². The first-order chi connectivity index (χ1) is 34.7. The Labute approximate surface area is 411 Å². The van der Waals surface area contributed by atoms with Crippen molar-refractivity contribution in [3.63, 3.8) is 0 Å². The van der Waals surface area contributed by atoms with E-state index in [0.29, 0.717) is 0 Å². The van der Waals surface area contributed by atoms with Crippen LogP contribution in [0.4, 0.5) is 68.2 Å². The maximum Gasteiger partial charge on any atom is 0.0463 e. The Kier molecular flexibility index (Phi) is 12.5. The molecule has 0 saturated carbocycles. The zero-order valence-electron chi connectivity index (χ0n) is 38.7. The van der Waals surface area contributed by atoms with Crippen LogP contribution in [0.25, 0.3) is 22.3 Å². The molecule has 0 heterocycles. The van der Waals surface area contributed by atoms with E-state index in [2.05, 4.69) is 323 Å². The average molecular weight is 899 g/mol. The van der Waals surface area contributed by atoms with Crippen LogP contribution in [0.15, 0.2) is 303 Å². The van der Waals surface area contributed by atoms with Gasteiger partial charge in [0.1, 0.15) is 0 Å². The van der Waals surface area contributed by atoms with E-state index >= 15 is 0 Å². The zero-order valence-corrected chi connectivity index (χ0v) is 38.7. The molecule has 4 nitrogen and oxygen atoms in total. The highest BCUT2D eigenvalue weighted by atomic mass is 15.2. The number of para-hydroxylation sites is 5. The Bertz CT molecular complexity index is 3270. The fourth-order valence-electron chi connectivity index (χ4n) is 9.22. The van der Waals surface area contributed by atoms with Crippen LogP contribution < -0.4 is 19.6 Å². The molecule has 4 heteroatoms. The lowest BCUT2D eigenvalue weighted by Gasteiger charge is -2.28. The molecular weight excluding hydrogens is 849 g/mol. The molecule has 11 aromatic carbocycles. The molecule has 0 saturated heterocycles. The predicted molar refractivity (Wildman–Crippen MR) is 296 cm³/mol. The first-order valence-corrected chi connectivity index (χ1v) is 23.8. The predicted octanol–water partition coefficient (Wildman–Crippen LogP) is 18.9. The highest BCUT2D eigenvalue weighted by molar-refractivity contribution is 5.85. The van der Waals surface area contributed by atoms with Gasteiger partial charge in [0.25, 0.3) is 0 Å². The summed E-state index contributed by atoms with van der Waals surface area (Å²) in [5, 5.41) is 0. The zero-order chi connectivity index (χ0) is 46.9. The summed E-state index contributed by atoms with van der Waals surface area (Å²) >= 11 is 0. The summed E-state index contributed by atoms with van der Waals surface area (Å²) in [7, 11) is 0. The van der Waals surface area contributed by atoms with Crippen LogP contribution in [-0.4, -0.2) is 0 Å². The normalized spacial score (nSPS) is 10.9. The summed E-state index contributed by atoms with van der Waals surface area (Å²) in [6.07, 6.45) is 0. The maximum atomic E-state index is 2.34. The molecule has 0 N–H and O–H groups in total. The van der Waals surface area contributed by atoms with Crippen molar-refractivity contribution in [2.75, 3.05) is 19.6 Å². The van der Waals surface area contributed by atoms with Crippen LogP contribution >= 0.6 is 0 Å². The van der Waals surface area contributed by atoms with Gasteiger partial charge in [-0.1, -0.05) is 158 Å². The molecule has 11 rings (SSSR count). The Hall–Kier alpha value is -9.38. The van der Waals surface area contributed by atoms with Crippen molar-refractivity contribution in [1.82, 2.24) is 0 Å². The monoisotopic (exact) mass is 898 g/mol. The summed E-state index contributed by atoms with van der Waals surface area (Å²) in [6.45, 7) is 0. The maximum absolute atomic E-state index is 2.34. The number of rotatable bonds is 14. The third-order valence-electron chi connectivity index (χ3n) is 12.6. The van der Waals surface area contributed by atoms with Gasteiger partial charge >= 0.3 is 0 Å². The van der Waals surface area contributed by atoms with Crippen molar-refractivity contribution < 1.29 is 0 Å². The van der Waals surface area contributed by atoms with E-state index in [-0.39, 0.29) is 0 Å². The molecule has 0 atom stereocenters. The summed E-state index contributed by atoms with van der Waals surface area (Å²) < 4.78 is 0. The van der Waals surface area contributed by atoms with Crippen LogP contribution in [0, 0.1) is 0 Å². The van der Waals surface area contributed by atoms with E-state index < -0.39 is 0 Å². The van der Waals surface area contributed by atoms with Crippen molar-refractivity contribution in [2.45, 2.75) is 0 Å².